The number of hydrogen-bond acceptors (Lipinski definition) is 2. The van der Waals surface area contributed by atoms with Crippen molar-refractivity contribution in [2.24, 2.45) is 28.6 Å². The molecule has 0 radical (unpaired) electrons. The van der Waals surface area contributed by atoms with Gasteiger partial charge in [0.15, 0.2) is 0 Å². The molecule has 1 N–H and O–H groups in total. The SMILES string of the molecule is CCOC1=CC2=CC[C@H]3[C@@H]4CC[C@H](O)[C@@]4(C)CC[C@@H]3[C@@]2(C)CC1. The fourth-order valence-electron chi connectivity index (χ4n) is 6.57. The Morgan fingerprint density at radius 3 is 2.78 bits per heavy atom. The third kappa shape index (κ3) is 2.17. The summed E-state index contributed by atoms with van der Waals surface area (Å²) in [6, 6.07) is 0. The van der Waals surface area contributed by atoms with Crippen molar-refractivity contribution >= 4 is 0 Å². The Hall–Kier alpha value is -0.760. The zero-order valence-electron chi connectivity index (χ0n) is 15.0. The second-order valence-electron chi connectivity index (χ2n) is 8.87. The summed E-state index contributed by atoms with van der Waals surface area (Å²) in [5.41, 5.74) is 2.05. The summed E-state index contributed by atoms with van der Waals surface area (Å²) in [5, 5.41) is 10.5. The molecule has 6 atom stereocenters. The topological polar surface area (TPSA) is 29.5 Å². The van der Waals surface area contributed by atoms with E-state index in [0.717, 1.165) is 37.2 Å². The summed E-state index contributed by atoms with van der Waals surface area (Å²) in [5.74, 6) is 3.49. The van der Waals surface area contributed by atoms with E-state index in [1.807, 2.05) is 0 Å². The minimum absolute atomic E-state index is 0.0672. The second kappa shape index (κ2) is 5.37. The fourth-order valence-corrected chi connectivity index (χ4v) is 6.57. The lowest BCUT2D eigenvalue weighted by Crippen LogP contribution is -2.50. The maximum atomic E-state index is 10.5. The number of rotatable bonds is 2. The van der Waals surface area contributed by atoms with E-state index in [2.05, 4.69) is 32.9 Å². The van der Waals surface area contributed by atoms with Gasteiger partial charge in [-0.25, -0.2) is 0 Å². The Kier molecular flexibility index (Phi) is 3.68. The quantitative estimate of drug-likeness (QED) is 0.790. The van der Waals surface area contributed by atoms with Crippen molar-refractivity contribution in [2.45, 2.75) is 71.8 Å². The van der Waals surface area contributed by atoms with Gasteiger partial charge in [-0.3, -0.25) is 0 Å². The molecule has 0 aromatic heterocycles. The van der Waals surface area contributed by atoms with E-state index in [-0.39, 0.29) is 11.5 Å². The van der Waals surface area contributed by atoms with Crippen molar-refractivity contribution in [3.63, 3.8) is 0 Å². The summed E-state index contributed by atoms with van der Waals surface area (Å²) in [6.07, 6.45) is 13.1. The van der Waals surface area contributed by atoms with Crippen LogP contribution in [0.15, 0.2) is 23.5 Å². The van der Waals surface area contributed by atoms with Crippen LogP contribution < -0.4 is 0 Å². The molecule has 4 aliphatic carbocycles. The van der Waals surface area contributed by atoms with Gasteiger partial charge < -0.3 is 9.84 Å². The van der Waals surface area contributed by atoms with Crippen LogP contribution in [-0.4, -0.2) is 17.8 Å². The summed E-state index contributed by atoms with van der Waals surface area (Å²) in [7, 11) is 0. The molecular weight excluding hydrogens is 284 g/mol. The maximum Gasteiger partial charge on any atom is 0.0962 e. The Balaban J connectivity index is 1.66. The third-order valence-corrected chi connectivity index (χ3v) is 8.01. The highest BCUT2D eigenvalue weighted by Gasteiger charge is 2.58. The van der Waals surface area contributed by atoms with Crippen molar-refractivity contribution in [3.8, 4) is 0 Å². The van der Waals surface area contributed by atoms with E-state index >= 15 is 0 Å². The summed E-state index contributed by atoms with van der Waals surface area (Å²) < 4.78 is 5.80. The Morgan fingerprint density at radius 2 is 2.00 bits per heavy atom. The number of allylic oxidation sites excluding steroid dienone is 4. The lowest BCUT2D eigenvalue weighted by atomic mass is 9.48. The van der Waals surface area contributed by atoms with Gasteiger partial charge >= 0.3 is 0 Å². The van der Waals surface area contributed by atoms with E-state index in [0.29, 0.717) is 5.41 Å². The molecule has 0 saturated heterocycles. The van der Waals surface area contributed by atoms with Crippen molar-refractivity contribution in [3.05, 3.63) is 23.5 Å². The zero-order valence-corrected chi connectivity index (χ0v) is 15.0. The molecule has 128 valence electrons. The molecule has 0 aromatic rings. The van der Waals surface area contributed by atoms with E-state index in [1.54, 1.807) is 0 Å². The highest BCUT2D eigenvalue weighted by Crippen LogP contribution is 2.64. The Labute approximate surface area is 141 Å². The average molecular weight is 316 g/mol. The first kappa shape index (κ1) is 15.7. The molecule has 23 heavy (non-hydrogen) atoms. The van der Waals surface area contributed by atoms with Crippen LogP contribution in [0.3, 0.4) is 0 Å². The van der Waals surface area contributed by atoms with E-state index in [4.69, 9.17) is 4.74 Å². The average Bonchev–Trinajstić information content (AvgIpc) is 2.84. The molecule has 0 bridgehead atoms. The van der Waals surface area contributed by atoms with Gasteiger partial charge in [-0.2, -0.15) is 0 Å². The molecule has 0 amide bonds. The molecule has 2 heteroatoms. The highest BCUT2D eigenvalue weighted by atomic mass is 16.5. The van der Waals surface area contributed by atoms with Crippen LogP contribution in [0.4, 0.5) is 0 Å². The van der Waals surface area contributed by atoms with Crippen LogP contribution in [0.25, 0.3) is 0 Å². The van der Waals surface area contributed by atoms with Gasteiger partial charge in [-0.05, 0) is 85.7 Å². The molecule has 0 heterocycles. The van der Waals surface area contributed by atoms with Crippen molar-refractivity contribution < 1.29 is 9.84 Å². The highest BCUT2D eigenvalue weighted by molar-refractivity contribution is 5.35. The van der Waals surface area contributed by atoms with Gasteiger partial charge in [-0.1, -0.05) is 19.9 Å². The number of aliphatic hydroxyl groups is 1. The minimum Gasteiger partial charge on any atom is -0.498 e. The maximum absolute atomic E-state index is 10.5. The second-order valence-corrected chi connectivity index (χ2v) is 8.87. The van der Waals surface area contributed by atoms with Gasteiger partial charge in [0.05, 0.1) is 18.5 Å². The number of fused-ring (bicyclic) bond motifs is 5. The molecule has 4 rings (SSSR count). The van der Waals surface area contributed by atoms with Gasteiger partial charge in [-0.15, -0.1) is 0 Å². The molecule has 0 unspecified atom stereocenters. The molecule has 0 aromatic carbocycles. The monoisotopic (exact) mass is 316 g/mol. The summed E-state index contributed by atoms with van der Waals surface area (Å²) in [4.78, 5) is 0. The molecular formula is C21H32O2. The van der Waals surface area contributed by atoms with Crippen LogP contribution in [-0.2, 0) is 4.74 Å². The molecule has 2 fully saturated rings. The summed E-state index contributed by atoms with van der Waals surface area (Å²) >= 11 is 0. The minimum atomic E-state index is -0.0672. The first-order valence-corrected chi connectivity index (χ1v) is 9.71. The predicted molar refractivity (Wildman–Crippen MR) is 92.8 cm³/mol. The van der Waals surface area contributed by atoms with Gasteiger partial charge in [0, 0.05) is 6.42 Å². The molecule has 4 aliphatic rings. The first-order chi connectivity index (χ1) is 11.0. The summed E-state index contributed by atoms with van der Waals surface area (Å²) in [6.45, 7) is 7.72. The largest absolute Gasteiger partial charge is 0.498 e. The first-order valence-electron chi connectivity index (χ1n) is 9.71. The standard InChI is InChI=1S/C21H32O2/c1-4-23-15-9-11-20(2)14(13-15)5-6-16-17-7-8-19(22)21(17,3)12-10-18(16)20/h5,13,16-19,22H,4,6-12H2,1-3H3/t16-,17-,18-,19-,20-,21-/m0/s1. The lowest BCUT2D eigenvalue weighted by Gasteiger charge is -2.56. The van der Waals surface area contributed by atoms with Crippen molar-refractivity contribution in [2.75, 3.05) is 6.61 Å². The van der Waals surface area contributed by atoms with Crippen LogP contribution in [0.1, 0.15) is 65.7 Å². The van der Waals surface area contributed by atoms with Crippen LogP contribution in [0.5, 0.6) is 0 Å². The third-order valence-electron chi connectivity index (χ3n) is 8.01. The molecule has 0 aliphatic heterocycles. The van der Waals surface area contributed by atoms with Crippen molar-refractivity contribution in [1.29, 1.82) is 0 Å². The molecule has 2 saturated carbocycles. The fraction of sp³-hybridized carbons (Fsp3) is 0.810. The number of ether oxygens (including phenoxy) is 1. The number of aliphatic hydroxyl groups excluding tert-OH is 1. The Morgan fingerprint density at radius 1 is 1.17 bits per heavy atom. The van der Waals surface area contributed by atoms with Gasteiger partial charge in [0.1, 0.15) is 0 Å². The molecule has 0 spiro atoms. The van der Waals surface area contributed by atoms with Crippen LogP contribution in [0.2, 0.25) is 0 Å². The van der Waals surface area contributed by atoms with E-state index in [1.165, 1.54) is 43.4 Å². The normalized spacial score (nSPS) is 48.7. The van der Waals surface area contributed by atoms with Gasteiger partial charge in [0.2, 0.25) is 0 Å². The number of hydrogen-bond donors (Lipinski definition) is 1. The zero-order chi connectivity index (χ0) is 16.2. The van der Waals surface area contributed by atoms with E-state index < -0.39 is 0 Å². The van der Waals surface area contributed by atoms with Crippen molar-refractivity contribution in [1.82, 2.24) is 0 Å². The molecule has 2 nitrogen and oxygen atoms in total. The van der Waals surface area contributed by atoms with E-state index in [9.17, 15) is 5.11 Å². The van der Waals surface area contributed by atoms with Crippen LogP contribution in [0, 0.1) is 28.6 Å². The van der Waals surface area contributed by atoms with Crippen LogP contribution >= 0.6 is 0 Å². The predicted octanol–water partition coefficient (Wildman–Crippen LogP) is 4.84. The van der Waals surface area contributed by atoms with Gasteiger partial charge in [0.25, 0.3) is 0 Å². The smallest absolute Gasteiger partial charge is 0.0962 e. The lowest BCUT2D eigenvalue weighted by molar-refractivity contribution is -0.0635. The Bertz CT molecular complexity index is 548.